The first-order chi connectivity index (χ1) is 12.5. The highest BCUT2D eigenvalue weighted by Gasteiger charge is 2.12. The highest BCUT2D eigenvalue weighted by atomic mass is 35.5. The Morgan fingerprint density at radius 3 is 2.46 bits per heavy atom. The molecule has 0 aliphatic carbocycles. The fourth-order valence-corrected chi connectivity index (χ4v) is 3.80. The second-order valence-corrected chi connectivity index (χ2v) is 7.60. The van der Waals surface area contributed by atoms with Crippen LogP contribution in [0.25, 0.3) is 10.6 Å². The average Bonchev–Trinajstić information content (AvgIpc) is 3.00. The number of aromatic nitrogens is 1. The van der Waals surface area contributed by atoms with Gasteiger partial charge in [-0.15, -0.1) is 11.3 Å². The maximum Gasteiger partial charge on any atom is 0.315 e. The smallest absolute Gasteiger partial charge is 0.315 e. The number of aryl methyl sites for hydroxylation is 1. The standard InChI is InChI=1S/C19H17Cl2N3OS/c1-12-17(26-18(24-12)15-4-2-3-5-16(15)21)11-23-19(25)22-10-13-6-8-14(20)9-7-13/h2-9H,10-11H2,1H3,(H2,22,23,25). The minimum absolute atomic E-state index is 0.230. The summed E-state index contributed by atoms with van der Waals surface area (Å²) < 4.78 is 0. The fourth-order valence-electron chi connectivity index (χ4n) is 2.35. The number of nitrogens with zero attached hydrogens (tertiary/aromatic N) is 1. The van der Waals surface area contributed by atoms with Crippen LogP contribution in [0.5, 0.6) is 0 Å². The quantitative estimate of drug-likeness (QED) is 0.594. The van der Waals surface area contributed by atoms with Crippen molar-refractivity contribution in [1.29, 1.82) is 0 Å². The molecule has 0 radical (unpaired) electrons. The molecule has 0 saturated heterocycles. The molecule has 134 valence electrons. The van der Waals surface area contributed by atoms with Gasteiger partial charge in [0.2, 0.25) is 0 Å². The van der Waals surface area contributed by atoms with Gasteiger partial charge in [-0.1, -0.05) is 53.5 Å². The molecule has 2 aromatic carbocycles. The molecular weight excluding hydrogens is 389 g/mol. The molecule has 0 spiro atoms. The Morgan fingerprint density at radius 2 is 1.73 bits per heavy atom. The minimum Gasteiger partial charge on any atom is -0.334 e. The maximum absolute atomic E-state index is 12.0. The van der Waals surface area contributed by atoms with Gasteiger partial charge in [0.1, 0.15) is 5.01 Å². The SMILES string of the molecule is Cc1nc(-c2ccccc2Cl)sc1CNC(=O)NCc1ccc(Cl)cc1. The Labute approximate surface area is 166 Å². The molecule has 3 aromatic rings. The van der Waals surface area contributed by atoms with Crippen molar-refractivity contribution >= 4 is 40.6 Å². The highest BCUT2D eigenvalue weighted by Crippen LogP contribution is 2.32. The number of amides is 2. The summed E-state index contributed by atoms with van der Waals surface area (Å²) in [7, 11) is 0. The number of urea groups is 1. The van der Waals surface area contributed by atoms with Crippen molar-refractivity contribution in [2.24, 2.45) is 0 Å². The summed E-state index contributed by atoms with van der Waals surface area (Å²) in [6, 6.07) is 14.7. The zero-order valence-electron chi connectivity index (χ0n) is 14.1. The Kier molecular flexibility index (Phi) is 6.14. The first-order valence-electron chi connectivity index (χ1n) is 8.00. The number of carbonyl (C=O) groups excluding carboxylic acids is 1. The Hall–Kier alpha value is -2.08. The third-order valence-corrected chi connectivity index (χ3v) is 5.55. The Morgan fingerprint density at radius 1 is 1.04 bits per heavy atom. The van der Waals surface area contributed by atoms with E-state index in [1.54, 1.807) is 12.1 Å². The zero-order chi connectivity index (χ0) is 18.5. The van der Waals surface area contributed by atoms with Gasteiger partial charge in [0.05, 0.1) is 17.3 Å². The van der Waals surface area contributed by atoms with Gasteiger partial charge in [-0.2, -0.15) is 0 Å². The van der Waals surface area contributed by atoms with Crippen LogP contribution in [-0.2, 0) is 13.1 Å². The fraction of sp³-hybridized carbons (Fsp3) is 0.158. The van der Waals surface area contributed by atoms with E-state index < -0.39 is 0 Å². The molecule has 2 amide bonds. The molecule has 1 aromatic heterocycles. The number of halogens is 2. The van der Waals surface area contributed by atoms with Crippen LogP contribution >= 0.6 is 34.5 Å². The summed E-state index contributed by atoms with van der Waals surface area (Å²) >= 11 is 13.6. The predicted octanol–water partition coefficient (Wildman–Crippen LogP) is 5.42. The lowest BCUT2D eigenvalue weighted by atomic mass is 10.2. The van der Waals surface area contributed by atoms with Crippen LogP contribution in [0.15, 0.2) is 48.5 Å². The number of carbonyl (C=O) groups is 1. The van der Waals surface area contributed by atoms with E-state index in [0.29, 0.717) is 23.1 Å². The van der Waals surface area contributed by atoms with E-state index in [2.05, 4.69) is 15.6 Å². The van der Waals surface area contributed by atoms with Crippen molar-refractivity contribution in [2.75, 3.05) is 0 Å². The number of thiazole rings is 1. The van der Waals surface area contributed by atoms with Gasteiger partial charge >= 0.3 is 6.03 Å². The molecule has 0 aliphatic heterocycles. The second kappa shape index (κ2) is 8.54. The zero-order valence-corrected chi connectivity index (χ0v) is 16.4. The van der Waals surface area contributed by atoms with Gasteiger partial charge in [0.25, 0.3) is 0 Å². The first kappa shape index (κ1) is 18.7. The molecule has 0 fully saturated rings. The number of nitrogens with one attached hydrogen (secondary N) is 2. The van der Waals surface area contributed by atoms with E-state index in [0.717, 1.165) is 26.7 Å². The number of hydrogen-bond donors (Lipinski definition) is 2. The van der Waals surface area contributed by atoms with Crippen LogP contribution in [0.4, 0.5) is 4.79 Å². The van der Waals surface area contributed by atoms with Crippen molar-refractivity contribution in [3.05, 3.63) is 74.7 Å². The number of benzene rings is 2. The van der Waals surface area contributed by atoms with Crippen LogP contribution in [0.1, 0.15) is 16.1 Å². The van der Waals surface area contributed by atoms with Crippen LogP contribution in [-0.4, -0.2) is 11.0 Å². The molecule has 0 unspecified atom stereocenters. The van der Waals surface area contributed by atoms with E-state index in [9.17, 15) is 4.79 Å². The maximum atomic E-state index is 12.0. The lowest BCUT2D eigenvalue weighted by molar-refractivity contribution is 0.240. The summed E-state index contributed by atoms with van der Waals surface area (Å²) in [5.41, 5.74) is 2.78. The van der Waals surface area contributed by atoms with Crippen molar-refractivity contribution < 1.29 is 4.79 Å². The monoisotopic (exact) mass is 405 g/mol. The van der Waals surface area contributed by atoms with Crippen LogP contribution in [0, 0.1) is 6.92 Å². The highest BCUT2D eigenvalue weighted by molar-refractivity contribution is 7.15. The van der Waals surface area contributed by atoms with E-state index in [1.165, 1.54) is 11.3 Å². The summed E-state index contributed by atoms with van der Waals surface area (Å²) in [5.74, 6) is 0. The largest absolute Gasteiger partial charge is 0.334 e. The van der Waals surface area contributed by atoms with E-state index in [1.807, 2.05) is 43.3 Å². The normalized spacial score (nSPS) is 10.6. The van der Waals surface area contributed by atoms with Crippen molar-refractivity contribution in [3.8, 4) is 10.6 Å². The predicted molar refractivity (Wildman–Crippen MR) is 108 cm³/mol. The molecule has 0 atom stereocenters. The minimum atomic E-state index is -0.230. The van der Waals surface area contributed by atoms with Crippen molar-refractivity contribution in [3.63, 3.8) is 0 Å². The van der Waals surface area contributed by atoms with E-state index in [4.69, 9.17) is 23.2 Å². The number of hydrogen-bond acceptors (Lipinski definition) is 3. The molecule has 4 nitrogen and oxygen atoms in total. The van der Waals surface area contributed by atoms with Gasteiger partial charge in [-0.25, -0.2) is 9.78 Å². The van der Waals surface area contributed by atoms with Gasteiger partial charge in [-0.05, 0) is 30.7 Å². The van der Waals surface area contributed by atoms with E-state index in [-0.39, 0.29) is 6.03 Å². The lowest BCUT2D eigenvalue weighted by Crippen LogP contribution is -2.34. The molecule has 0 aliphatic rings. The van der Waals surface area contributed by atoms with Gasteiger partial charge in [-0.3, -0.25) is 0 Å². The molecule has 26 heavy (non-hydrogen) atoms. The van der Waals surface area contributed by atoms with Crippen LogP contribution < -0.4 is 10.6 Å². The summed E-state index contributed by atoms with van der Waals surface area (Å²) in [6.07, 6.45) is 0. The molecule has 3 rings (SSSR count). The molecule has 7 heteroatoms. The third kappa shape index (κ3) is 4.75. The Balaban J connectivity index is 1.57. The first-order valence-corrected chi connectivity index (χ1v) is 9.57. The van der Waals surface area contributed by atoms with Crippen molar-refractivity contribution in [1.82, 2.24) is 15.6 Å². The van der Waals surface area contributed by atoms with Crippen molar-refractivity contribution in [2.45, 2.75) is 20.0 Å². The topological polar surface area (TPSA) is 54.0 Å². The van der Waals surface area contributed by atoms with Crippen LogP contribution in [0.2, 0.25) is 10.0 Å². The third-order valence-electron chi connectivity index (χ3n) is 3.77. The van der Waals surface area contributed by atoms with Gasteiger partial charge in [0, 0.05) is 22.0 Å². The summed E-state index contributed by atoms with van der Waals surface area (Å²) in [6.45, 7) is 2.79. The van der Waals surface area contributed by atoms with Gasteiger partial charge < -0.3 is 10.6 Å². The molecular formula is C19H17Cl2N3OS. The second-order valence-electron chi connectivity index (χ2n) is 5.67. The average molecular weight is 406 g/mol. The number of rotatable bonds is 5. The van der Waals surface area contributed by atoms with Crippen LogP contribution in [0.3, 0.4) is 0 Å². The Bertz CT molecular complexity index is 909. The molecule has 0 bridgehead atoms. The summed E-state index contributed by atoms with van der Waals surface area (Å²) in [4.78, 5) is 17.6. The van der Waals surface area contributed by atoms with Gasteiger partial charge in [0.15, 0.2) is 0 Å². The molecule has 2 N–H and O–H groups in total. The summed E-state index contributed by atoms with van der Waals surface area (Å²) in [5, 5.41) is 7.88. The molecule has 1 heterocycles. The molecule has 0 saturated carbocycles. The lowest BCUT2D eigenvalue weighted by Gasteiger charge is -2.07. The van der Waals surface area contributed by atoms with E-state index >= 15 is 0 Å².